The third kappa shape index (κ3) is 3.26. The molecule has 1 aromatic heterocycles. The van der Waals surface area contributed by atoms with Gasteiger partial charge in [0.25, 0.3) is 0 Å². The van der Waals surface area contributed by atoms with Crippen LogP contribution in [0.4, 0.5) is 10.1 Å². The minimum absolute atomic E-state index is 0.243. The second-order valence-electron chi connectivity index (χ2n) is 3.72. The molecule has 2 aromatic rings. The van der Waals surface area contributed by atoms with Gasteiger partial charge in [-0.1, -0.05) is 6.07 Å². The summed E-state index contributed by atoms with van der Waals surface area (Å²) < 4.78 is 12.9. The molecule has 4 heteroatoms. The van der Waals surface area contributed by atoms with E-state index in [9.17, 15) is 4.39 Å². The molecule has 0 aliphatic rings. The van der Waals surface area contributed by atoms with E-state index in [1.807, 2.05) is 18.2 Å². The molecule has 0 bridgehead atoms. The molecule has 88 valence electrons. The lowest BCUT2D eigenvalue weighted by atomic mass is 10.2. The van der Waals surface area contributed by atoms with Crippen molar-refractivity contribution in [2.45, 2.75) is 13.1 Å². The maximum atomic E-state index is 12.9. The summed E-state index contributed by atoms with van der Waals surface area (Å²) in [6.07, 6.45) is 1.73. The number of anilines is 1. The molecule has 2 rings (SSSR count). The zero-order chi connectivity index (χ0) is 12.1. The van der Waals surface area contributed by atoms with E-state index in [0.717, 1.165) is 16.9 Å². The standard InChI is InChI=1S/C13H14FN3/c14-11-2-1-3-12(7-11)17-9-10-4-5-16-13(6-10)8-15/h1-7,17H,8-9,15H2. The van der Waals surface area contributed by atoms with Crippen LogP contribution in [0.5, 0.6) is 0 Å². The van der Waals surface area contributed by atoms with E-state index in [-0.39, 0.29) is 5.82 Å². The molecule has 0 spiro atoms. The molecule has 0 aliphatic carbocycles. The van der Waals surface area contributed by atoms with E-state index in [2.05, 4.69) is 10.3 Å². The van der Waals surface area contributed by atoms with Crippen molar-refractivity contribution < 1.29 is 4.39 Å². The predicted octanol–water partition coefficient (Wildman–Crippen LogP) is 2.29. The number of hydrogen-bond donors (Lipinski definition) is 2. The Morgan fingerprint density at radius 2 is 2.12 bits per heavy atom. The van der Waals surface area contributed by atoms with Gasteiger partial charge in [0.05, 0.1) is 5.69 Å². The van der Waals surface area contributed by atoms with Crippen molar-refractivity contribution in [3.05, 3.63) is 59.7 Å². The van der Waals surface area contributed by atoms with Crippen molar-refractivity contribution in [2.75, 3.05) is 5.32 Å². The SMILES string of the molecule is NCc1cc(CNc2cccc(F)c2)ccn1. The smallest absolute Gasteiger partial charge is 0.125 e. The van der Waals surface area contributed by atoms with Crippen LogP contribution < -0.4 is 11.1 Å². The van der Waals surface area contributed by atoms with Gasteiger partial charge in [-0.2, -0.15) is 0 Å². The average Bonchev–Trinajstić information content (AvgIpc) is 2.37. The van der Waals surface area contributed by atoms with Crippen LogP contribution in [-0.2, 0) is 13.1 Å². The third-order valence-corrected chi connectivity index (χ3v) is 2.41. The molecular weight excluding hydrogens is 217 g/mol. The lowest BCUT2D eigenvalue weighted by molar-refractivity contribution is 0.628. The van der Waals surface area contributed by atoms with E-state index in [4.69, 9.17) is 5.73 Å². The molecule has 3 N–H and O–H groups in total. The molecule has 0 radical (unpaired) electrons. The molecule has 1 aromatic carbocycles. The summed E-state index contributed by atoms with van der Waals surface area (Å²) in [5.74, 6) is -0.243. The first kappa shape index (κ1) is 11.5. The third-order valence-electron chi connectivity index (χ3n) is 2.41. The Morgan fingerprint density at radius 3 is 2.88 bits per heavy atom. The first-order valence-corrected chi connectivity index (χ1v) is 5.41. The number of halogens is 1. The van der Waals surface area contributed by atoms with Crippen LogP contribution in [0.2, 0.25) is 0 Å². The van der Waals surface area contributed by atoms with Gasteiger partial charge in [0.1, 0.15) is 5.82 Å². The minimum Gasteiger partial charge on any atom is -0.381 e. The zero-order valence-electron chi connectivity index (χ0n) is 9.36. The lowest BCUT2D eigenvalue weighted by Crippen LogP contribution is -2.03. The van der Waals surface area contributed by atoms with Gasteiger partial charge in [-0.15, -0.1) is 0 Å². The summed E-state index contributed by atoms with van der Waals surface area (Å²) in [5.41, 5.74) is 8.20. The highest BCUT2D eigenvalue weighted by molar-refractivity contribution is 5.43. The van der Waals surface area contributed by atoms with Crippen LogP contribution in [0.15, 0.2) is 42.6 Å². The quantitative estimate of drug-likeness (QED) is 0.848. The molecular formula is C13H14FN3. The zero-order valence-corrected chi connectivity index (χ0v) is 9.36. The van der Waals surface area contributed by atoms with Gasteiger partial charge >= 0.3 is 0 Å². The number of nitrogens with two attached hydrogens (primary N) is 1. The highest BCUT2D eigenvalue weighted by atomic mass is 19.1. The molecule has 0 unspecified atom stereocenters. The largest absolute Gasteiger partial charge is 0.381 e. The highest BCUT2D eigenvalue weighted by Gasteiger charge is 1.97. The summed E-state index contributed by atoms with van der Waals surface area (Å²) in [5, 5.41) is 3.14. The first-order valence-electron chi connectivity index (χ1n) is 5.41. The van der Waals surface area contributed by atoms with Gasteiger partial charge in [0.2, 0.25) is 0 Å². The van der Waals surface area contributed by atoms with Crippen LogP contribution in [0.1, 0.15) is 11.3 Å². The maximum Gasteiger partial charge on any atom is 0.125 e. The molecule has 0 aliphatic heterocycles. The number of aromatic nitrogens is 1. The molecule has 0 saturated carbocycles. The van der Waals surface area contributed by atoms with Crippen LogP contribution in [0, 0.1) is 5.82 Å². The minimum atomic E-state index is -0.243. The van der Waals surface area contributed by atoms with Gasteiger partial charge in [-0.05, 0) is 35.9 Å². The van der Waals surface area contributed by atoms with Crippen LogP contribution >= 0.6 is 0 Å². The van der Waals surface area contributed by atoms with Crippen molar-refractivity contribution in [2.24, 2.45) is 5.73 Å². The van der Waals surface area contributed by atoms with Crippen molar-refractivity contribution in [1.82, 2.24) is 4.98 Å². The second-order valence-corrected chi connectivity index (χ2v) is 3.72. The van der Waals surface area contributed by atoms with Gasteiger partial charge in [-0.3, -0.25) is 4.98 Å². The van der Waals surface area contributed by atoms with Crippen LogP contribution in [-0.4, -0.2) is 4.98 Å². The monoisotopic (exact) mass is 231 g/mol. The number of rotatable bonds is 4. The Morgan fingerprint density at radius 1 is 1.24 bits per heavy atom. The summed E-state index contributed by atoms with van der Waals surface area (Å²) in [6, 6.07) is 10.2. The van der Waals surface area contributed by atoms with Crippen molar-refractivity contribution >= 4 is 5.69 Å². The highest BCUT2D eigenvalue weighted by Crippen LogP contribution is 2.11. The Hall–Kier alpha value is -1.94. The van der Waals surface area contributed by atoms with E-state index < -0.39 is 0 Å². The molecule has 0 saturated heterocycles. The van der Waals surface area contributed by atoms with Crippen LogP contribution in [0.3, 0.4) is 0 Å². The fraction of sp³-hybridized carbons (Fsp3) is 0.154. The van der Waals surface area contributed by atoms with Gasteiger partial charge in [0, 0.05) is 25.0 Å². The molecule has 3 nitrogen and oxygen atoms in total. The van der Waals surface area contributed by atoms with Gasteiger partial charge < -0.3 is 11.1 Å². The first-order chi connectivity index (χ1) is 8.28. The molecule has 0 amide bonds. The number of pyridine rings is 1. The Bertz CT molecular complexity index is 500. The number of nitrogens with one attached hydrogen (secondary N) is 1. The topological polar surface area (TPSA) is 50.9 Å². The molecule has 1 heterocycles. The number of hydrogen-bond acceptors (Lipinski definition) is 3. The molecule has 17 heavy (non-hydrogen) atoms. The fourth-order valence-electron chi connectivity index (χ4n) is 1.55. The Kier molecular flexibility index (Phi) is 3.67. The fourth-order valence-corrected chi connectivity index (χ4v) is 1.55. The van der Waals surface area contributed by atoms with Crippen LogP contribution in [0.25, 0.3) is 0 Å². The number of nitrogens with zero attached hydrogens (tertiary/aromatic N) is 1. The van der Waals surface area contributed by atoms with E-state index in [1.165, 1.54) is 12.1 Å². The van der Waals surface area contributed by atoms with E-state index in [0.29, 0.717) is 13.1 Å². The molecule has 0 atom stereocenters. The average molecular weight is 231 g/mol. The maximum absolute atomic E-state index is 12.9. The number of benzene rings is 1. The summed E-state index contributed by atoms with van der Waals surface area (Å²) in [4.78, 5) is 4.11. The second kappa shape index (κ2) is 5.41. The predicted molar refractivity (Wildman–Crippen MR) is 65.9 cm³/mol. The van der Waals surface area contributed by atoms with Gasteiger partial charge in [0.15, 0.2) is 0 Å². The van der Waals surface area contributed by atoms with Crippen molar-refractivity contribution in [3.8, 4) is 0 Å². The van der Waals surface area contributed by atoms with Crippen molar-refractivity contribution in [1.29, 1.82) is 0 Å². The molecule has 0 fully saturated rings. The Labute approximate surface area is 99.5 Å². The summed E-state index contributed by atoms with van der Waals surface area (Å²) >= 11 is 0. The Balaban J connectivity index is 2.02. The van der Waals surface area contributed by atoms with Gasteiger partial charge in [-0.25, -0.2) is 4.39 Å². The lowest BCUT2D eigenvalue weighted by Gasteiger charge is -2.07. The van der Waals surface area contributed by atoms with E-state index in [1.54, 1.807) is 12.3 Å². The van der Waals surface area contributed by atoms with Crippen molar-refractivity contribution in [3.63, 3.8) is 0 Å². The summed E-state index contributed by atoms with van der Waals surface area (Å²) in [6.45, 7) is 1.05. The van der Waals surface area contributed by atoms with E-state index >= 15 is 0 Å². The normalized spacial score (nSPS) is 10.2. The summed E-state index contributed by atoms with van der Waals surface area (Å²) in [7, 11) is 0.